The fourth-order valence-corrected chi connectivity index (χ4v) is 3.15. The Kier molecular flexibility index (Phi) is 5.78. The van der Waals surface area contributed by atoms with Gasteiger partial charge in [-0.2, -0.15) is 13.2 Å². The molecular formula is C22H19F3N2O. The lowest BCUT2D eigenvalue weighted by Gasteiger charge is -2.23. The Balaban J connectivity index is 1.77. The number of benzene rings is 3. The van der Waals surface area contributed by atoms with Gasteiger partial charge in [-0.25, -0.2) is 5.01 Å². The van der Waals surface area contributed by atoms with Gasteiger partial charge in [0.2, 0.25) is 0 Å². The van der Waals surface area contributed by atoms with Gasteiger partial charge in [0.05, 0.1) is 23.4 Å². The van der Waals surface area contributed by atoms with E-state index in [0.717, 1.165) is 28.5 Å². The molecule has 0 unspecified atom stereocenters. The molecule has 0 heterocycles. The Morgan fingerprint density at radius 2 is 1.75 bits per heavy atom. The van der Waals surface area contributed by atoms with Crippen LogP contribution in [0.25, 0.3) is 16.8 Å². The van der Waals surface area contributed by atoms with Crippen LogP contribution in [0, 0.1) is 4.91 Å². The molecule has 0 aliphatic rings. The lowest BCUT2D eigenvalue weighted by atomic mass is 9.99. The Morgan fingerprint density at radius 1 is 1.04 bits per heavy atom. The quantitative estimate of drug-likeness (QED) is 0.353. The summed E-state index contributed by atoms with van der Waals surface area (Å²) in [4.78, 5) is 11.4. The summed E-state index contributed by atoms with van der Waals surface area (Å²) in [7, 11) is 0. The Morgan fingerprint density at radius 3 is 2.50 bits per heavy atom. The minimum Gasteiger partial charge on any atom is -0.250 e. The van der Waals surface area contributed by atoms with Gasteiger partial charge in [-0.1, -0.05) is 66.7 Å². The minimum atomic E-state index is -4.39. The monoisotopic (exact) mass is 384 g/mol. The van der Waals surface area contributed by atoms with Gasteiger partial charge in [0.1, 0.15) is 0 Å². The van der Waals surface area contributed by atoms with Crippen LogP contribution in [0.1, 0.15) is 29.7 Å². The summed E-state index contributed by atoms with van der Waals surface area (Å²) in [5, 5.41) is 6.58. The van der Waals surface area contributed by atoms with Crippen molar-refractivity contribution in [3.63, 3.8) is 0 Å². The molecule has 0 bridgehead atoms. The van der Waals surface area contributed by atoms with Crippen molar-refractivity contribution < 1.29 is 13.2 Å². The number of nitrogens with zero attached hydrogens (tertiary/aromatic N) is 2. The molecule has 0 aliphatic carbocycles. The third kappa shape index (κ3) is 4.39. The van der Waals surface area contributed by atoms with Crippen molar-refractivity contribution in [2.75, 3.05) is 6.54 Å². The smallest absolute Gasteiger partial charge is 0.250 e. The van der Waals surface area contributed by atoms with E-state index in [1.165, 1.54) is 11.1 Å². The van der Waals surface area contributed by atoms with E-state index in [1.807, 2.05) is 49.4 Å². The van der Waals surface area contributed by atoms with Crippen LogP contribution < -0.4 is 0 Å². The van der Waals surface area contributed by atoms with Crippen LogP contribution in [0.2, 0.25) is 0 Å². The van der Waals surface area contributed by atoms with Gasteiger partial charge in [0.25, 0.3) is 0 Å². The average molecular weight is 384 g/mol. The predicted octanol–water partition coefficient (Wildman–Crippen LogP) is 6.62. The lowest BCUT2D eigenvalue weighted by molar-refractivity contribution is -0.137. The maximum Gasteiger partial charge on any atom is 0.416 e. The number of nitroso groups, excluding NO2 is 1. The summed E-state index contributed by atoms with van der Waals surface area (Å²) in [6.07, 6.45) is -1.19. The van der Waals surface area contributed by atoms with Crippen molar-refractivity contribution in [1.29, 1.82) is 0 Å². The van der Waals surface area contributed by atoms with Gasteiger partial charge in [0.15, 0.2) is 0 Å². The SMILES string of the molecule is C[C@H](c1cccc2ccccc12)N(C/C=C/c1cccc(C(F)(F)F)c1)N=O. The second kappa shape index (κ2) is 8.25. The van der Waals surface area contributed by atoms with Gasteiger partial charge in [-0.3, -0.25) is 0 Å². The molecule has 0 radical (unpaired) electrons. The Bertz CT molecular complexity index is 993. The van der Waals surface area contributed by atoms with Crippen LogP contribution in [0.5, 0.6) is 0 Å². The number of rotatable bonds is 6. The zero-order valence-corrected chi connectivity index (χ0v) is 15.2. The van der Waals surface area contributed by atoms with E-state index in [4.69, 9.17) is 0 Å². The summed E-state index contributed by atoms with van der Waals surface area (Å²) in [6.45, 7) is 2.06. The van der Waals surface area contributed by atoms with Crippen molar-refractivity contribution in [3.8, 4) is 0 Å². The summed E-state index contributed by atoms with van der Waals surface area (Å²) in [5.41, 5.74) is 0.674. The molecule has 0 aromatic heterocycles. The highest BCUT2D eigenvalue weighted by molar-refractivity contribution is 5.86. The molecule has 0 saturated carbocycles. The average Bonchev–Trinajstić information content (AvgIpc) is 2.70. The molecule has 1 atom stereocenters. The summed E-state index contributed by atoms with van der Waals surface area (Å²) in [6, 6.07) is 18.5. The highest BCUT2D eigenvalue weighted by Gasteiger charge is 2.30. The second-order valence-corrected chi connectivity index (χ2v) is 6.47. The lowest BCUT2D eigenvalue weighted by Crippen LogP contribution is -2.21. The van der Waals surface area contributed by atoms with Crippen LogP contribution in [-0.2, 0) is 6.18 Å². The standard InChI is InChI=1S/C22H19F3N2O/c1-16(20-13-5-10-18-9-2-3-12-21(18)20)27(26-28)14-6-8-17-7-4-11-19(15-17)22(23,24)25/h2-13,15-16H,14H2,1H3/b8-6+/t16-/m1/s1. The van der Waals surface area contributed by atoms with E-state index in [1.54, 1.807) is 18.2 Å². The van der Waals surface area contributed by atoms with E-state index >= 15 is 0 Å². The fourth-order valence-electron chi connectivity index (χ4n) is 3.15. The molecule has 3 rings (SSSR count). The molecule has 0 fully saturated rings. The van der Waals surface area contributed by atoms with Gasteiger partial charge in [0, 0.05) is 0 Å². The summed E-state index contributed by atoms with van der Waals surface area (Å²) in [5.74, 6) is 0. The van der Waals surface area contributed by atoms with Crippen molar-refractivity contribution in [2.45, 2.75) is 19.1 Å². The van der Waals surface area contributed by atoms with Crippen molar-refractivity contribution in [3.05, 3.63) is 94.4 Å². The maximum absolute atomic E-state index is 12.8. The van der Waals surface area contributed by atoms with E-state index in [9.17, 15) is 18.1 Å². The number of hydrogen-bond acceptors (Lipinski definition) is 2. The minimum absolute atomic E-state index is 0.185. The molecular weight excluding hydrogens is 365 g/mol. The van der Waals surface area contributed by atoms with Crippen LogP contribution in [0.4, 0.5) is 13.2 Å². The third-order valence-corrected chi connectivity index (χ3v) is 4.64. The molecule has 144 valence electrons. The first-order valence-electron chi connectivity index (χ1n) is 8.81. The highest BCUT2D eigenvalue weighted by Crippen LogP contribution is 2.30. The van der Waals surface area contributed by atoms with Crippen LogP contribution in [0.15, 0.2) is 78.1 Å². The molecule has 6 heteroatoms. The van der Waals surface area contributed by atoms with E-state index in [0.29, 0.717) is 5.56 Å². The normalized spacial score (nSPS) is 13.0. The fraction of sp³-hybridized carbons (Fsp3) is 0.182. The summed E-state index contributed by atoms with van der Waals surface area (Å²) >= 11 is 0. The first-order chi connectivity index (χ1) is 13.4. The Hall–Kier alpha value is -3.15. The molecule has 28 heavy (non-hydrogen) atoms. The Labute approximate surface area is 161 Å². The zero-order valence-electron chi connectivity index (χ0n) is 15.2. The van der Waals surface area contributed by atoms with Gasteiger partial charge in [-0.15, -0.1) is 4.91 Å². The number of alkyl halides is 3. The molecule has 3 aromatic carbocycles. The first kappa shape index (κ1) is 19.6. The van der Waals surface area contributed by atoms with E-state index < -0.39 is 11.7 Å². The van der Waals surface area contributed by atoms with Gasteiger partial charge < -0.3 is 0 Å². The zero-order chi connectivity index (χ0) is 20.1. The van der Waals surface area contributed by atoms with Crippen molar-refractivity contribution >= 4 is 16.8 Å². The largest absolute Gasteiger partial charge is 0.416 e. The van der Waals surface area contributed by atoms with Crippen LogP contribution >= 0.6 is 0 Å². The van der Waals surface area contributed by atoms with Gasteiger partial charge in [-0.05, 0) is 41.0 Å². The van der Waals surface area contributed by atoms with Crippen LogP contribution in [0.3, 0.4) is 0 Å². The van der Waals surface area contributed by atoms with Gasteiger partial charge >= 0.3 is 6.18 Å². The molecule has 3 nitrogen and oxygen atoms in total. The molecule has 0 aliphatic heterocycles. The van der Waals surface area contributed by atoms with E-state index in [-0.39, 0.29) is 12.6 Å². The molecule has 0 saturated heterocycles. The maximum atomic E-state index is 12.8. The second-order valence-electron chi connectivity index (χ2n) is 6.47. The highest BCUT2D eigenvalue weighted by atomic mass is 19.4. The van der Waals surface area contributed by atoms with Crippen molar-refractivity contribution in [1.82, 2.24) is 5.01 Å². The molecule has 0 N–H and O–H groups in total. The predicted molar refractivity (Wildman–Crippen MR) is 105 cm³/mol. The van der Waals surface area contributed by atoms with Crippen molar-refractivity contribution in [2.24, 2.45) is 5.29 Å². The molecule has 3 aromatic rings. The number of halogens is 3. The molecule has 0 amide bonds. The molecule has 0 spiro atoms. The number of fused-ring (bicyclic) bond motifs is 1. The third-order valence-electron chi connectivity index (χ3n) is 4.64. The van der Waals surface area contributed by atoms with Crippen LogP contribution in [-0.4, -0.2) is 11.6 Å². The topological polar surface area (TPSA) is 32.7 Å². The number of hydrogen-bond donors (Lipinski definition) is 0. The van der Waals surface area contributed by atoms with E-state index in [2.05, 4.69) is 5.29 Å². The summed E-state index contributed by atoms with van der Waals surface area (Å²) < 4.78 is 38.4. The first-order valence-corrected chi connectivity index (χ1v) is 8.81.